The van der Waals surface area contributed by atoms with E-state index in [4.69, 9.17) is 16.3 Å². The lowest BCUT2D eigenvalue weighted by Gasteiger charge is -2.26. The zero-order valence-electron chi connectivity index (χ0n) is 15.3. The molecular weight excluding hydrogens is 414 g/mol. The number of benzene rings is 2. The van der Waals surface area contributed by atoms with Crippen LogP contribution in [0.15, 0.2) is 59.8 Å². The van der Waals surface area contributed by atoms with Crippen LogP contribution < -0.4 is 5.32 Å². The van der Waals surface area contributed by atoms with Crippen molar-refractivity contribution in [2.45, 2.75) is 4.90 Å². The van der Waals surface area contributed by atoms with Gasteiger partial charge in [0, 0.05) is 47.5 Å². The second-order valence-electron chi connectivity index (χ2n) is 6.52. The molecule has 1 aromatic heterocycles. The number of carbonyl (C=O) groups excluding carboxylic acids is 1. The summed E-state index contributed by atoms with van der Waals surface area (Å²) in [4.78, 5) is 16.8. The number of ether oxygens (including phenoxy) is 1. The van der Waals surface area contributed by atoms with Crippen molar-refractivity contribution in [1.29, 1.82) is 0 Å². The van der Waals surface area contributed by atoms with E-state index in [1.54, 1.807) is 24.5 Å². The number of fused-ring (bicyclic) bond motifs is 1. The number of amides is 1. The minimum atomic E-state index is -3.82. The van der Waals surface area contributed by atoms with Crippen LogP contribution in [-0.2, 0) is 14.8 Å². The number of rotatable bonds is 4. The lowest BCUT2D eigenvalue weighted by atomic mass is 10.1. The van der Waals surface area contributed by atoms with Gasteiger partial charge in [-0.3, -0.25) is 9.78 Å². The maximum Gasteiger partial charge on any atom is 0.255 e. The van der Waals surface area contributed by atoms with E-state index in [0.717, 1.165) is 10.8 Å². The molecule has 7 nitrogen and oxygen atoms in total. The number of morpholine rings is 1. The molecule has 0 bridgehead atoms. The summed E-state index contributed by atoms with van der Waals surface area (Å²) in [5.74, 6) is -0.426. The summed E-state index contributed by atoms with van der Waals surface area (Å²) in [6, 6.07) is 11.5. The summed E-state index contributed by atoms with van der Waals surface area (Å²) in [5.41, 5.74) is 0.815. The Morgan fingerprint density at radius 3 is 2.72 bits per heavy atom. The minimum absolute atomic E-state index is 0.0734. The van der Waals surface area contributed by atoms with Crippen molar-refractivity contribution < 1.29 is 17.9 Å². The van der Waals surface area contributed by atoms with Crippen molar-refractivity contribution in [3.05, 3.63) is 65.4 Å². The fourth-order valence-corrected chi connectivity index (χ4v) is 5.10. The molecular formula is C20H18ClN3O4S. The molecule has 0 spiro atoms. The third kappa shape index (κ3) is 3.97. The average Bonchev–Trinajstić information content (AvgIpc) is 2.75. The van der Waals surface area contributed by atoms with Gasteiger partial charge in [0.15, 0.2) is 0 Å². The topological polar surface area (TPSA) is 88.6 Å². The number of sulfonamides is 1. The molecule has 1 fully saturated rings. The van der Waals surface area contributed by atoms with Crippen LogP contribution in [0.5, 0.6) is 0 Å². The zero-order valence-corrected chi connectivity index (χ0v) is 16.9. The first-order chi connectivity index (χ1) is 14.0. The lowest BCUT2D eigenvalue weighted by molar-refractivity contribution is 0.0730. The Kier molecular flexibility index (Phi) is 5.51. The predicted octanol–water partition coefficient (Wildman–Crippen LogP) is 3.16. The Bertz CT molecular complexity index is 1170. The largest absolute Gasteiger partial charge is 0.379 e. The molecule has 9 heteroatoms. The Hall–Kier alpha value is -2.52. The van der Waals surface area contributed by atoms with Crippen LogP contribution in [0, 0.1) is 0 Å². The SMILES string of the molecule is O=C(Nc1cccc2cnccc12)c1ccc(Cl)c(S(=O)(=O)N2CCOCC2)c1. The highest BCUT2D eigenvalue weighted by molar-refractivity contribution is 7.89. The number of pyridine rings is 1. The number of anilines is 1. The van der Waals surface area contributed by atoms with Crippen molar-refractivity contribution in [3.8, 4) is 0 Å². The first kappa shape index (κ1) is 19.8. The Morgan fingerprint density at radius 1 is 1.14 bits per heavy atom. The highest BCUT2D eigenvalue weighted by Crippen LogP contribution is 2.28. The summed E-state index contributed by atoms with van der Waals surface area (Å²) in [6.45, 7) is 1.15. The van der Waals surface area contributed by atoms with Crippen molar-refractivity contribution in [3.63, 3.8) is 0 Å². The number of aromatic nitrogens is 1. The number of hydrogen-bond acceptors (Lipinski definition) is 5. The zero-order chi connectivity index (χ0) is 20.4. The molecule has 1 aliphatic rings. The average molecular weight is 432 g/mol. The summed E-state index contributed by atoms with van der Waals surface area (Å²) in [6.07, 6.45) is 3.35. The fraction of sp³-hybridized carbons (Fsp3) is 0.200. The van der Waals surface area contributed by atoms with Gasteiger partial charge in [0.1, 0.15) is 4.90 Å². The monoisotopic (exact) mass is 431 g/mol. The van der Waals surface area contributed by atoms with Crippen LogP contribution in [0.2, 0.25) is 5.02 Å². The van der Waals surface area contributed by atoms with Crippen LogP contribution in [0.1, 0.15) is 10.4 Å². The van der Waals surface area contributed by atoms with Crippen LogP contribution in [0.3, 0.4) is 0 Å². The molecule has 0 aliphatic carbocycles. The molecule has 2 heterocycles. The fourth-order valence-electron chi connectivity index (χ4n) is 3.19. The Labute approximate surface area is 173 Å². The number of halogens is 1. The molecule has 1 N–H and O–H groups in total. The maximum atomic E-state index is 13.0. The van der Waals surface area contributed by atoms with E-state index in [2.05, 4.69) is 10.3 Å². The van der Waals surface area contributed by atoms with E-state index < -0.39 is 15.9 Å². The molecule has 0 unspecified atom stereocenters. The maximum absolute atomic E-state index is 13.0. The standard InChI is InChI=1S/C20H18ClN3O4S/c21-17-5-4-14(12-19(17)29(26,27)24-8-10-28-11-9-24)20(25)23-18-3-1-2-15-13-22-7-6-16(15)18/h1-7,12-13H,8-11H2,(H,23,25). The van der Waals surface area contributed by atoms with Gasteiger partial charge >= 0.3 is 0 Å². The third-order valence-electron chi connectivity index (χ3n) is 4.71. The van der Waals surface area contributed by atoms with Gasteiger partial charge in [0.25, 0.3) is 5.91 Å². The van der Waals surface area contributed by atoms with Crippen molar-refractivity contribution >= 4 is 44.0 Å². The van der Waals surface area contributed by atoms with E-state index in [0.29, 0.717) is 18.9 Å². The summed E-state index contributed by atoms with van der Waals surface area (Å²) in [7, 11) is -3.82. The van der Waals surface area contributed by atoms with Crippen molar-refractivity contribution in [2.75, 3.05) is 31.6 Å². The van der Waals surface area contributed by atoms with Crippen LogP contribution in [-0.4, -0.2) is 49.9 Å². The molecule has 1 amide bonds. The lowest BCUT2D eigenvalue weighted by Crippen LogP contribution is -2.40. The van der Waals surface area contributed by atoms with Gasteiger partial charge in [-0.2, -0.15) is 4.31 Å². The Balaban J connectivity index is 1.65. The molecule has 29 heavy (non-hydrogen) atoms. The normalized spacial score (nSPS) is 15.3. The van der Waals surface area contributed by atoms with E-state index in [9.17, 15) is 13.2 Å². The van der Waals surface area contributed by atoms with Gasteiger partial charge < -0.3 is 10.1 Å². The van der Waals surface area contributed by atoms with Crippen molar-refractivity contribution in [1.82, 2.24) is 9.29 Å². The van der Waals surface area contributed by atoms with Gasteiger partial charge in [-0.25, -0.2) is 8.42 Å². The highest BCUT2D eigenvalue weighted by Gasteiger charge is 2.29. The van der Waals surface area contributed by atoms with Gasteiger partial charge in [-0.05, 0) is 30.3 Å². The van der Waals surface area contributed by atoms with E-state index in [1.807, 2.05) is 12.1 Å². The van der Waals surface area contributed by atoms with Gasteiger partial charge in [0.2, 0.25) is 10.0 Å². The molecule has 2 aromatic carbocycles. The second-order valence-corrected chi connectivity index (χ2v) is 8.83. The molecule has 3 aromatic rings. The summed E-state index contributed by atoms with van der Waals surface area (Å²) in [5, 5.41) is 4.64. The third-order valence-corrected chi connectivity index (χ3v) is 7.09. The second kappa shape index (κ2) is 8.08. The van der Waals surface area contributed by atoms with Gasteiger partial charge in [-0.15, -0.1) is 0 Å². The highest BCUT2D eigenvalue weighted by atomic mass is 35.5. The summed E-state index contributed by atoms with van der Waals surface area (Å²) < 4.78 is 32.5. The van der Waals surface area contributed by atoms with E-state index >= 15 is 0 Å². The van der Waals surface area contributed by atoms with E-state index in [1.165, 1.54) is 22.5 Å². The van der Waals surface area contributed by atoms with Crippen LogP contribution in [0.25, 0.3) is 10.8 Å². The molecule has 1 saturated heterocycles. The predicted molar refractivity (Wildman–Crippen MR) is 111 cm³/mol. The quantitative estimate of drug-likeness (QED) is 0.685. The minimum Gasteiger partial charge on any atom is -0.379 e. The number of carbonyl (C=O) groups is 1. The van der Waals surface area contributed by atoms with E-state index in [-0.39, 0.29) is 28.6 Å². The van der Waals surface area contributed by atoms with Gasteiger partial charge in [-0.1, -0.05) is 23.7 Å². The molecule has 0 atom stereocenters. The molecule has 150 valence electrons. The Morgan fingerprint density at radius 2 is 1.93 bits per heavy atom. The van der Waals surface area contributed by atoms with Crippen molar-refractivity contribution in [2.24, 2.45) is 0 Å². The smallest absolute Gasteiger partial charge is 0.255 e. The molecule has 4 rings (SSSR count). The first-order valence-corrected chi connectivity index (χ1v) is 10.8. The first-order valence-electron chi connectivity index (χ1n) is 8.98. The number of hydrogen-bond donors (Lipinski definition) is 1. The van der Waals surface area contributed by atoms with Crippen LogP contribution >= 0.6 is 11.6 Å². The molecule has 0 saturated carbocycles. The summed E-state index contributed by atoms with van der Waals surface area (Å²) >= 11 is 6.17. The molecule has 0 radical (unpaired) electrons. The number of nitrogens with zero attached hydrogens (tertiary/aromatic N) is 2. The van der Waals surface area contributed by atoms with Gasteiger partial charge in [0.05, 0.1) is 18.2 Å². The van der Waals surface area contributed by atoms with Crippen LogP contribution in [0.4, 0.5) is 5.69 Å². The molecule has 1 aliphatic heterocycles. The number of nitrogens with one attached hydrogen (secondary N) is 1.